The molecule has 7 nitrogen and oxygen atoms in total. The minimum Gasteiger partial charge on any atom is -0.481 e. The number of aromatic amines is 1. The van der Waals surface area contributed by atoms with Gasteiger partial charge in [0.05, 0.1) is 17.4 Å². The number of carbonyl (C=O) groups is 2. The fourth-order valence-electron chi connectivity index (χ4n) is 4.58. The summed E-state index contributed by atoms with van der Waals surface area (Å²) >= 11 is 0. The molecule has 0 spiro atoms. The summed E-state index contributed by atoms with van der Waals surface area (Å²) < 4.78 is 0. The van der Waals surface area contributed by atoms with Crippen LogP contribution in [0.2, 0.25) is 0 Å². The molecule has 2 fully saturated rings. The van der Waals surface area contributed by atoms with Gasteiger partial charge in [0.15, 0.2) is 0 Å². The Morgan fingerprint density at radius 3 is 3.09 bits per heavy atom. The molecule has 1 aliphatic heterocycles. The molecule has 1 aromatic rings. The molecule has 3 N–H and O–H groups in total. The van der Waals surface area contributed by atoms with E-state index in [4.69, 9.17) is 0 Å². The molecule has 0 radical (unpaired) electrons. The first-order valence-corrected chi connectivity index (χ1v) is 8.38. The lowest BCUT2D eigenvalue weighted by Crippen LogP contribution is -2.47. The number of carbonyl (C=O) groups excluding carboxylic acids is 1. The van der Waals surface area contributed by atoms with Crippen molar-refractivity contribution in [3.8, 4) is 0 Å². The highest BCUT2D eigenvalue weighted by Gasteiger charge is 2.55. The summed E-state index contributed by atoms with van der Waals surface area (Å²) in [5, 5.41) is 12.7. The number of aryl methyl sites for hydroxylation is 1. The number of aromatic nitrogens is 2. The number of hydrogen-bond donors (Lipinski definition) is 3. The zero-order valence-electron chi connectivity index (χ0n) is 13.0. The van der Waals surface area contributed by atoms with E-state index in [0.29, 0.717) is 19.5 Å². The molecule has 4 rings (SSSR count). The highest BCUT2D eigenvalue weighted by atomic mass is 16.4. The molecule has 0 bridgehead atoms. The molecule has 2 aliphatic carbocycles. The fourth-order valence-corrected chi connectivity index (χ4v) is 4.58. The van der Waals surface area contributed by atoms with Gasteiger partial charge < -0.3 is 20.3 Å². The lowest BCUT2D eigenvalue weighted by atomic mass is 9.81. The van der Waals surface area contributed by atoms with Crippen LogP contribution in [0.3, 0.4) is 0 Å². The summed E-state index contributed by atoms with van der Waals surface area (Å²) in [5.41, 5.74) is 1.48. The Labute approximate surface area is 134 Å². The first-order chi connectivity index (χ1) is 11.1. The predicted octanol–water partition coefficient (Wildman–Crippen LogP) is 1.16. The van der Waals surface area contributed by atoms with Crippen molar-refractivity contribution in [1.29, 1.82) is 0 Å². The van der Waals surface area contributed by atoms with Crippen LogP contribution in [0.15, 0.2) is 6.33 Å². The smallest absolute Gasteiger partial charge is 0.317 e. The number of imidazole rings is 1. The monoisotopic (exact) mass is 318 g/mol. The Kier molecular flexibility index (Phi) is 3.32. The molecule has 7 heteroatoms. The number of rotatable bonds is 2. The average Bonchev–Trinajstić information content (AvgIpc) is 3.20. The Balaban J connectivity index is 1.40. The molecular formula is C16H22N4O3. The topological polar surface area (TPSA) is 98.3 Å². The van der Waals surface area contributed by atoms with Crippen LogP contribution in [0.25, 0.3) is 0 Å². The second kappa shape index (κ2) is 5.25. The normalized spacial score (nSPS) is 32.4. The number of nitrogens with one attached hydrogen (secondary N) is 2. The van der Waals surface area contributed by atoms with Crippen molar-refractivity contribution in [1.82, 2.24) is 20.2 Å². The van der Waals surface area contributed by atoms with Crippen LogP contribution in [-0.4, -0.2) is 51.1 Å². The lowest BCUT2D eigenvalue weighted by molar-refractivity contribution is -0.149. The maximum absolute atomic E-state index is 12.6. The third kappa shape index (κ3) is 2.29. The van der Waals surface area contributed by atoms with Gasteiger partial charge in [-0.05, 0) is 31.6 Å². The zero-order chi connectivity index (χ0) is 16.0. The van der Waals surface area contributed by atoms with E-state index in [2.05, 4.69) is 15.3 Å². The van der Waals surface area contributed by atoms with E-state index in [0.717, 1.165) is 43.5 Å². The second-order valence-electron chi connectivity index (χ2n) is 7.15. The first-order valence-electron chi connectivity index (χ1n) is 8.38. The van der Waals surface area contributed by atoms with Crippen molar-refractivity contribution in [3.63, 3.8) is 0 Å². The number of nitrogens with zero attached hydrogens (tertiary/aromatic N) is 2. The molecule has 3 aliphatic rings. The van der Waals surface area contributed by atoms with Gasteiger partial charge in [0.2, 0.25) is 0 Å². The summed E-state index contributed by atoms with van der Waals surface area (Å²) in [4.78, 5) is 33.4. The lowest BCUT2D eigenvalue weighted by Gasteiger charge is -2.27. The SMILES string of the molecule is O=C(NC1CCc2nc[nH]c2C1)N1C[C@@H]2CCC[C@@]2(C(=O)O)C1. The highest BCUT2D eigenvalue weighted by Crippen LogP contribution is 2.48. The van der Waals surface area contributed by atoms with Gasteiger partial charge in [-0.1, -0.05) is 6.42 Å². The van der Waals surface area contributed by atoms with Crippen molar-refractivity contribution in [2.75, 3.05) is 13.1 Å². The summed E-state index contributed by atoms with van der Waals surface area (Å²) in [6, 6.07) is -0.0235. The van der Waals surface area contributed by atoms with Gasteiger partial charge in [0.25, 0.3) is 0 Å². The van der Waals surface area contributed by atoms with Crippen LogP contribution < -0.4 is 5.32 Å². The van der Waals surface area contributed by atoms with Crippen LogP contribution >= 0.6 is 0 Å². The van der Waals surface area contributed by atoms with E-state index in [1.807, 2.05) is 0 Å². The van der Waals surface area contributed by atoms with Gasteiger partial charge in [-0.15, -0.1) is 0 Å². The molecule has 23 heavy (non-hydrogen) atoms. The van der Waals surface area contributed by atoms with Crippen LogP contribution in [0.4, 0.5) is 4.79 Å². The van der Waals surface area contributed by atoms with Crippen LogP contribution in [-0.2, 0) is 17.6 Å². The van der Waals surface area contributed by atoms with Crippen molar-refractivity contribution in [2.24, 2.45) is 11.3 Å². The molecule has 1 aromatic heterocycles. The van der Waals surface area contributed by atoms with Crippen molar-refractivity contribution >= 4 is 12.0 Å². The van der Waals surface area contributed by atoms with Gasteiger partial charge in [0.1, 0.15) is 0 Å². The summed E-state index contributed by atoms with van der Waals surface area (Å²) in [5.74, 6) is -0.633. The van der Waals surface area contributed by atoms with Crippen molar-refractivity contribution in [2.45, 2.75) is 44.6 Å². The van der Waals surface area contributed by atoms with Gasteiger partial charge in [-0.2, -0.15) is 0 Å². The van der Waals surface area contributed by atoms with Gasteiger partial charge in [-0.25, -0.2) is 9.78 Å². The largest absolute Gasteiger partial charge is 0.481 e. The number of carboxylic acids is 1. The van der Waals surface area contributed by atoms with Crippen molar-refractivity contribution in [3.05, 3.63) is 17.7 Å². The Hall–Kier alpha value is -2.05. The summed E-state index contributed by atoms with van der Waals surface area (Å²) in [7, 11) is 0. The Morgan fingerprint density at radius 2 is 2.30 bits per heavy atom. The molecule has 1 saturated carbocycles. The molecule has 1 unspecified atom stereocenters. The number of urea groups is 1. The minimum absolute atomic E-state index is 0.0941. The number of hydrogen-bond acceptors (Lipinski definition) is 3. The van der Waals surface area contributed by atoms with Gasteiger partial charge >= 0.3 is 12.0 Å². The standard InChI is InChI=1S/C16H22N4O3/c21-14(22)16-5-1-2-10(16)7-20(8-16)15(23)19-11-3-4-12-13(6-11)18-9-17-12/h9-11H,1-8H2,(H,17,18)(H,19,23)(H,21,22)/t10-,11?,16+/m0/s1. The Morgan fingerprint density at radius 1 is 1.43 bits per heavy atom. The molecule has 3 atom stereocenters. The summed E-state index contributed by atoms with van der Waals surface area (Å²) in [6.07, 6.45) is 6.78. The zero-order valence-corrected chi connectivity index (χ0v) is 13.0. The number of fused-ring (bicyclic) bond motifs is 2. The quantitative estimate of drug-likeness (QED) is 0.762. The molecule has 1 saturated heterocycles. The summed E-state index contributed by atoms with van der Waals surface area (Å²) in [6.45, 7) is 0.918. The van der Waals surface area contributed by atoms with E-state index in [9.17, 15) is 14.7 Å². The number of aliphatic carboxylic acids is 1. The molecular weight excluding hydrogens is 296 g/mol. The van der Waals surface area contributed by atoms with E-state index < -0.39 is 11.4 Å². The molecule has 2 heterocycles. The number of amides is 2. The van der Waals surface area contributed by atoms with E-state index >= 15 is 0 Å². The minimum atomic E-state index is -0.741. The first kappa shape index (κ1) is 14.5. The third-order valence-corrected chi connectivity index (χ3v) is 5.90. The van der Waals surface area contributed by atoms with Crippen LogP contribution in [0.1, 0.15) is 37.1 Å². The maximum Gasteiger partial charge on any atom is 0.317 e. The van der Waals surface area contributed by atoms with E-state index in [-0.39, 0.29) is 18.0 Å². The number of likely N-dealkylation sites (tertiary alicyclic amines) is 1. The highest BCUT2D eigenvalue weighted by molar-refractivity contribution is 5.80. The molecule has 124 valence electrons. The number of carboxylic acid groups (broad SMARTS) is 1. The number of H-pyrrole nitrogens is 1. The third-order valence-electron chi connectivity index (χ3n) is 5.90. The average molecular weight is 318 g/mol. The maximum atomic E-state index is 12.6. The van der Waals surface area contributed by atoms with Crippen molar-refractivity contribution < 1.29 is 14.7 Å². The fraction of sp³-hybridized carbons (Fsp3) is 0.688. The van der Waals surface area contributed by atoms with Crippen LogP contribution in [0.5, 0.6) is 0 Å². The van der Waals surface area contributed by atoms with Gasteiger partial charge in [0, 0.05) is 31.2 Å². The molecule has 2 amide bonds. The predicted molar refractivity (Wildman–Crippen MR) is 81.9 cm³/mol. The van der Waals surface area contributed by atoms with Gasteiger partial charge in [-0.3, -0.25) is 4.79 Å². The second-order valence-corrected chi connectivity index (χ2v) is 7.15. The van der Waals surface area contributed by atoms with Crippen LogP contribution in [0, 0.1) is 11.3 Å². The molecule has 0 aromatic carbocycles. The Bertz CT molecular complexity index is 643. The van der Waals surface area contributed by atoms with E-state index in [1.165, 1.54) is 0 Å². The van der Waals surface area contributed by atoms with E-state index in [1.54, 1.807) is 11.2 Å².